The zero-order valence-corrected chi connectivity index (χ0v) is 10.3. The van der Waals surface area contributed by atoms with Gasteiger partial charge in [-0.1, -0.05) is 10.3 Å². The fourth-order valence-electron chi connectivity index (χ4n) is 1.69. The number of aromatic hydroxyl groups is 1. The minimum Gasteiger partial charge on any atom is -0.508 e. The van der Waals surface area contributed by atoms with Gasteiger partial charge in [0.05, 0.1) is 0 Å². The van der Waals surface area contributed by atoms with Gasteiger partial charge in [-0.25, -0.2) is 0 Å². The zero-order valence-electron chi connectivity index (χ0n) is 10.3. The van der Waals surface area contributed by atoms with Crippen LogP contribution in [-0.4, -0.2) is 25.4 Å². The molecule has 7 heteroatoms. The second-order valence-corrected chi connectivity index (χ2v) is 4.06. The number of nitrogens with zero attached hydrogens (tertiary/aromatic N) is 4. The third kappa shape index (κ3) is 2.17. The van der Waals surface area contributed by atoms with E-state index in [9.17, 15) is 5.11 Å². The molecule has 3 aromatic rings. The van der Waals surface area contributed by atoms with Crippen molar-refractivity contribution >= 4 is 0 Å². The molecule has 0 radical (unpaired) electrons. The fourth-order valence-corrected chi connectivity index (χ4v) is 1.69. The van der Waals surface area contributed by atoms with Gasteiger partial charge in [0.1, 0.15) is 5.75 Å². The standard InChI is InChI=1S/C12H10N4O3/c1-6-13-11(18-15-6)8-3-9(5-10(17)4-8)12-14-7(2)16-19-12/h3-5,17H,1-2H3. The number of rotatable bonds is 2. The summed E-state index contributed by atoms with van der Waals surface area (Å²) in [5.41, 5.74) is 1.18. The molecule has 0 saturated heterocycles. The van der Waals surface area contributed by atoms with Crippen molar-refractivity contribution in [3.63, 3.8) is 0 Å². The highest BCUT2D eigenvalue weighted by atomic mass is 16.5. The number of benzene rings is 1. The van der Waals surface area contributed by atoms with Crippen LogP contribution >= 0.6 is 0 Å². The number of phenols is 1. The summed E-state index contributed by atoms with van der Waals surface area (Å²) in [7, 11) is 0. The molecule has 3 rings (SSSR count). The molecule has 0 atom stereocenters. The first-order valence-electron chi connectivity index (χ1n) is 5.57. The van der Waals surface area contributed by atoms with Gasteiger partial charge in [0.2, 0.25) is 0 Å². The first kappa shape index (κ1) is 11.4. The van der Waals surface area contributed by atoms with Crippen LogP contribution in [0.1, 0.15) is 11.6 Å². The van der Waals surface area contributed by atoms with E-state index in [1.54, 1.807) is 19.9 Å². The maximum Gasteiger partial charge on any atom is 0.258 e. The summed E-state index contributed by atoms with van der Waals surface area (Å²) in [6.45, 7) is 3.44. The molecular weight excluding hydrogens is 248 g/mol. The number of aromatic nitrogens is 4. The van der Waals surface area contributed by atoms with Crippen LogP contribution < -0.4 is 0 Å². The minimum atomic E-state index is 0.0548. The molecule has 2 aromatic heterocycles. The molecule has 0 aliphatic heterocycles. The molecule has 1 aromatic carbocycles. The lowest BCUT2D eigenvalue weighted by molar-refractivity contribution is 0.423. The Hall–Kier alpha value is -2.70. The predicted molar refractivity (Wildman–Crippen MR) is 64.2 cm³/mol. The third-order valence-electron chi connectivity index (χ3n) is 2.47. The SMILES string of the molecule is Cc1noc(-c2cc(O)cc(-c3nc(C)no3)c2)n1. The molecule has 0 amide bonds. The van der Waals surface area contributed by atoms with Gasteiger partial charge in [-0.3, -0.25) is 0 Å². The van der Waals surface area contributed by atoms with E-state index in [0.29, 0.717) is 34.6 Å². The zero-order chi connectivity index (χ0) is 13.4. The summed E-state index contributed by atoms with van der Waals surface area (Å²) in [5, 5.41) is 17.2. The molecular formula is C12H10N4O3. The third-order valence-corrected chi connectivity index (χ3v) is 2.47. The molecule has 96 valence electrons. The summed E-state index contributed by atoms with van der Waals surface area (Å²) in [5.74, 6) is 1.75. The molecule has 7 nitrogen and oxygen atoms in total. The van der Waals surface area contributed by atoms with Gasteiger partial charge < -0.3 is 14.2 Å². The van der Waals surface area contributed by atoms with Crippen LogP contribution in [-0.2, 0) is 0 Å². The van der Waals surface area contributed by atoms with Gasteiger partial charge in [-0.2, -0.15) is 9.97 Å². The van der Waals surface area contributed by atoms with E-state index in [0.717, 1.165) is 0 Å². The summed E-state index contributed by atoms with van der Waals surface area (Å²) in [4.78, 5) is 8.21. The van der Waals surface area contributed by atoms with Crippen LogP contribution in [0.5, 0.6) is 5.75 Å². The summed E-state index contributed by atoms with van der Waals surface area (Å²) >= 11 is 0. The Morgan fingerprint density at radius 2 is 1.32 bits per heavy atom. The van der Waals surface area contributed by atoms with Crippen molar-refractivity contribution in [1.29, 1.82) is 0 Å². The highest BCUT2D eigenvalue weighted by Gasteiger charge is 2.13. The Labute approximate surface area is 107 Å². The molecule has 0 aliphatic rings. The minimum absolute atomic E-state index is 0.0548. The van der Waals surface area contributed by atoms with Gasteiger partial charge in [0, 0.05) is 11.1 Å². The average molecular weight is 258 g/mol. The van der Waals surface area contributed by atoms with Crippen molar-refractivity contribution in [2.24, 2.45) is 0 Å². The lowest BCUT2D eigenvalue weighted by atomic mass is 10.1. The van der Waals surface area contributed by atoms with E-state index in [-0.39, 0.29) is 5.75 Å². The highest BCUT2D eigenvalue weighted by Crippen LogP contribution is 2.29. The van der Waals surface area contributed by atoms with E-state index in [1.807, 2.05) is 0 Å². The normalized spacial score (nSPS) is 10.8. The van der Waals surface area contributed by atoms with Crippen molar-refractivity contribution < 1.29 is 14.2 Å². The van der Waals surface area contributed by atoms with Gasteiger partial charge in [-0.05, 0) is 32.0 Å². The van der Waals surface area contributed by atoms with Crippen molar-refractivity contribution in [1.82, 2.24) is 20.3 Å². The topological polar surface area (TPSA) is 98.1 Å². The molecule has 0 saturated carbocycles. The Balaban J connectivity index is 2.10. The largest absolute Gasteiger partial charge is 0.508 e. The van der Waals surface area contributed by atoms with Crippen LogP contribution in [0.4, 0.5) is 0 Å². The van der Waals surface area contributed by atoms with Crippen LogP contribution in [0.25, 0.3) is 22.9 Å². The highest BCUT2D eigenvalue weighted by molar-refractivity contribution is 5.67. The first-order chi connectivity index (χ1) is 9.11. The van der Waals surface area contributed by atoms with Gasteiger partial charge in [0.25, 0.3) is 11.8 Å². The number of hydrogen-bond acceptors (Lipinski definition) is 7. The summed E-state index contributed by atoms with van der Waals surface area (Å²) in [6.07, 6.45) is 0. The molecule has 1 N–H and O–H groups in total. The fraction of sp³-hybridized carbons (Fsp3) is 0.167. The Morgan fingerprint density at radius 3 is 1.68 bits per heavy atom. The lowest BCUT2D eigenvalue weighted by Crippen LogP contribution is -1.83. The molecule has 19 heavy (non-hydrogen) atoms. The Kier molecular flexibility index (Phi) is 2.52. The summed E-state index contributed by atoms with van der Waals surface area (Å²) in [6, 6.07) is 4.79. The quantitative estimate of drug-likeness (QED) is 0.751. The molecule has 0 fully saturated rings. The maximum atomic E-state index is 9.75. The predicted octanol–water partition coefficient (Wildman–Crippen LogP) is 2.11. The van der Waals surface area contributed by atoms with Crippen molar-refractivity contribution in [2.45, 2.75) is 13.8 Å². The second-order valence-electron chi connectivity index (χ2n) is 4.06. The molecule has 2 heterocycles. The number of hydrogen-bond donors (Lipinski definition) is 1. The molecule has 0 bridgehead atoms. The van der Waals surface area contributed by atoms with Crippen molar-refractivity contribution in [3.8, 4) is 28.7 Å². The molecule has 0 unspecified atom stereocenters. The van der Waals surface area contributed by atoms with Crippen LogP contribution in [0, 0.1) is 13.8 Å². The lowest BCUT2D eigenvalue weighted by Gasteiger charge is -2.00. The average Bonchev–Trinajstić information content (AvgIpc) is 2.97. The number of phenolic OH excluding ortho intramolecular Hbond substituents is 1. The molecule has 0 aliphatic carbocycles. The van der Waals surface area contributed by atoms with Crippen molar-refractivity contribution in [2.75, 3.05) is 0 Å². The summed E-state index contributed by atoms with van der Waals surface area (Å²) < 4.78 is 10.1. The van der Waals surface area contributed by atoms with Crippen LogP contribution in [0.3, 0.4) is 0 Å². The maximum absolute atomic E-state index is 9.75. The van der Waals surface area contributed by atoms with E-state index < -0.39 is 0 Å². The van der Waals surface area contributed by atoms with Crippen LogP contribution in [0.2, 0.25) is 0 Å². The monoisotopic (exact) mass is 258 g/mol. The van der Waals surface area contributed by atoms with E-state index in [2.05, 4.69) is 20.3 Å². The van der Waals surface area contributed by atoms with Gasteiger partial charge in [0.15, 0.2) is 11.6 Å². The van der Waals surface area contributed by atoms with E-state index in [4.69, 9.17) is 9.05 Å². The van der Waals surface area contributed by atoms with Crippen LogP contribution in [0.15, 0.2) is 27.2 Å². The van der Waals surface area contributed by atoms with E-state index in [1.165, 1.54) is 12.1 Å². The molecule has 0 spiro atoms. The second kappa shape index (κ2) is 4.20. The number of aryl methyl sites for hydroxylation is 2. The van der Waals surface area contributed by atoms with Gasteiger partial charge in [-0.15, -0.1) is 0 Å². The van der Waals surface area contributed by atoms with E-state index >= 15 is 0 Å². The van der Waals surface area contributed by atoms with Crippen molar-refractivity contribution in [3.05, 3.63) is 29.8 Å². The first-order valence-corrected chi connectivity index (χ1v) is 5.57. The Morgan fingerprint density at radius 1 is 0.842 bits per heavy atom. The van der Waals surface area contributed by atoms with Gasteiger partial charge >= 0.3 is 0 Å². The Bertz CT molecular complexity index is 674. The smallest absolute Gasteiger partial charge is 0.258 e.